The molecule has 2 rings (SSSR count). The van der Waals surface area contributed by atoms with Crippen molar-refractivity contribution in [1.82, 2.24) is 10.6 Å². The van der Waals surface area contributed by atoms with Gasteiger partial charge in [-0.2, -0.15) is 0 Å². The number of amides is 2. The predicted molar refractivity (Wildman–Crippen MR) is 98.3 cm³/mol. The molecule has 9 heteroatoms. The van der Waals surface area contributed by atoms with Crippen molar-refractivity contribution in [3.05, 3.63) is 47.9 Å². The molecule has 3 N–H and O–H groups in total. The summed E-state index contributed by atoms with van der Waals surface area (Å²) in [6.45, 7) is 1.49. The number of hydrogen-bond donors (Lipinski definition) is 3. The molecule has 0 bridgehead atoms. The maximum Gasteiger partial charge on any atom is 0.305 e. The summed E-state index contributed by atoms with van der Waals surface area (Å²) in [6, 6.07) is 6.15. The fourth-order valence-corrected chi connectivity index (χ4v) is 2.53. The molecular weight excluding hydrogens is 368 g/mol. The number of hydrogen-bond acceptors (Lipinski definition) is 6. The van der Waals surface area contributed by atoms with Gasteiger partial charge < -0.3 is 29.6 Å². The summed E-state index contributed by atoms with van der Waals surface area (Å²) in [5, 5.41) is 14.3. The molecule has 28 heavy (non-hydrogen) atoms. The Morgan fingerprint density at radius 2 is 1.82 bits per heavy atom. The first-order valence-corrected chi connectivity index (χ1v) is 8.44. The van der Waals surface area contributed by atoms with Gasteiger partial charge in [0, 0.05) is 0 Å². The summed E-state index contributed by atoms with van der Waals surface area (Å²) in [5.41, 5.74) is 0.526. The van der Waals surface area contributed by atoms with Crippen molar-refractivity contribution in [2.45, 2.75) is 25.4 Å². The first-order chi connectivity index (χ1) is 13.3. The Kier molecular flexibility index (Phi) is 7.02. The summed E-state index contributed by atoms with van der Waals surface area (Å²) in [6.07, 6.45) is 1.000. The molecule has 9 nitrogen and oxygen atoms in total. The molecule has 0 saturated heterocycles. The highest BCUT2D eigenvalue weighted by Crippen LogP contribution is 2.31. The van der Waals surface area contributed by atoms with Gasteiger partial charge in [-0.25, -0.2) is 0 Å². The normalized spacial score (nSPS) is 12.5. The van der Waals surface area contributed by atoms with Gasteiger partial charge >= 0.3 is 5.97 Å². The van der Waals surface area contributed by atoms with E-state index in [4.69, 9.17) is 13.9 Å². The molecule has 0 saturated carbocycles. The van der Waals surface area contributed by atoms with Crippen LogP contribution in [0.25, 0.3) is 0 Å². The Hall–Kier alpha value is -3.49. The lowest BCUT2D eigenvalue weighted by Gasteiger charge is -2.21. The fourth-order valence-electron chi connectivity index (χ4n) is 2.53. The average Bonchev–Trinajstić information content (AvgIpc) is 3.21. The number of carbonyl (C=O) groups is 3. The number of nitrogens with one attached hydrogen (secondary N) is 2. The van der Waals surface area contributed by atoms with Crippen molar-refractivity contribution in [2.24, 2.45) is 0 Å². The van der Waals surface area contributed by atoms with Crippen molar-refractivity contribution >= 4 is 17.8 Å². The van der Waals surface area contributed by atoms with E-state index in [1.807, 2.05) is 0 Å². The lowest BCUT2D eigenvalue weighted by Crippen LogP contribution is -2.46. The molecule has 0 aliphatic rings. The number of aliphatic carboxylic acids is 1. The van der Waals surface area contributed by atoms with Crippen LogP contribution in [0.1, 0.15) is 35.5 Å². The van der Waals surface area contributed by atoms with E-state index in [-0.39, 0.29) is 12.2 Å². The standard InChI is InChI=1S/C19H22N2O7/c1-11(20-19(25)15-5-4-8-28-15)18(24)21-13(10-17(22)23)12-6-7-14(26-2)16(9-12)27-3/h4-9,11,13H,10H2,1-3H3,(H,20,25)(H,21,24)(H,22,23). The number of carboxylic acid groups (broad SMARTS) is 1. The van der Waals surface area contributed by atoms with E-state index in [2.05, 4.69) is 10.6 Å². The second kappa shape index (κ2) is 9.45. The largest absolute Gasteiger partial charge is 0.493 e. The first kappa shape index (κ1) is 20.8. The third kappa shape index (κ3) is 5.26. The molecule has 1 aromatic heterocycles. The van der Waals surface area contributed by atoms with E-state index in [9.17, 15) is 19.5 Å². The van der Waals surface area contributed by atoms with E-state index in [1.165, 1.54) is 33.5 Å². The lowest BCUT2D eigenvalue weighted by molar-refractivity contribution is -0.137. The van der Waals surface area contributed by atoms with E-state index in [0.717, 1.165) is 0 Å². The van der Waals surface area contributed by atoms with Crippen LogP contribution < -0.4 is 20.1 Å². The summed E-state index contributed by atoms with van der Waals surface area (Å²) in [7, 11) is 2.94. The Labute approximate surface area is 161 Å². The fraction of sp³-hybridized carbons (Fsp3) is 0.316. The van der Waals surface area contributed by atoms with Gasteiger partial charge in [0.05, 0.1) is 32.9 Å². The predicted octanol–water partition coefficient (Wildman–Crippen LogP) is 1.75. The second-order valence-electron chi connectivity index (χ2n) is 5.95. The molecule has 1 aromatic carbocycles. The highest BCUT2D eigenvalue weighted by molar-refractivity contribution is 5.95. The van der Waals surface area contributed by atoms with Crippen LogP contribution in [0.3, 0.4) is 0 Å². The van der Waals surface area contributed by atoms with Crippen LogP contribution in [0.2, 0.25) is 0 Å². The first-order valence-electron chi connectivity index (χ1n) is 8.44. The summed E-state index contributed by atoms with van der Waals surface area (Å²) in [5.74, 6) is -1.22. The SMILES string of the molecule is COc1ccc(C(CC(=O)O)NC(=O)C(C)NC(=O)c2ccco2)cc1OC. The van der Waals surface area contributed by atoms with Gasteiger partial charge in [0.1, 0.15) is 6.04 Å². The average molecular weight is 390 g/mol. The Morgan fingerprint density at radius 1 is 1.11 bits per heavy atom. The topological polar surface area (TPSA) is 127 Å². The van der Waals surface area contributed by atoms with Crippen LogP contribution >= 0.6 is 0 Å². The molecule has 150 valence electrons. The minimum Gasteiger partial charge on any atom is -0.493 e. The Balaban J connectivity index is 2.13. The maximum absolute atomic E-state index is 12.5. The molecule has 0 radical (unpaired) electrons. The molecular formula is C19H22N2O7. The van der Waals surface area contributed by atoms with E-state index in [0.29, 0.717) is 17.1 Å². The third-order valence-corrected chi connectivity index (χ3v) is 3.99. The molecule has 2 unspecified atom stereocenters. The maximum atomic E-state index is 12.5. The van der Waals surface area contributed by atoms with Crippen LogP contribution in [0.15, 0.2) is 41.0 Å². The van der Waals surface area contributed by atoms with Crippen LogP contribution in [-0.2, 0) is 9.59 Å². The molecule has 0 aliphatic carbocycles. The summed E-state index contributed by atoms with van der Waals surface area (Å²) < 4.78 is 15.4. The van der Waals surface area contributed by atoms with Crippen LogP contribution in [0.5, 0.6) is 11.5 Å². The van der Waals surface area contributed by atoms with Crippen molar-refractivity contribution in [1.29, 1.82) is 0 Å². The number of ether oxygens (including phenoxy) is 2. The van der Waals surface area contributed by atoms with Crippen molar-refractivity contribution in [3.8, 4) is 11.5 Å². The zero-order valence-corrected chi connectivity index (χ0v) is 15.7. The number of rotatable bonds is 9. The van der Waals surface area contributed by atoms with Gasteiger partial charge in [0.15, 0.2) is 17.3 Å². The smallest absolute Gasteiger partial charge is 0.305 e. The molecule has 0 fully saturated rings. The van der Waals surface area contributed by atoms with E-state index >= 15 is 0 Å². The molecule has 2 aromatic rings. The summed E-state index contributed by atoms with van der Waals surface area (Å²) in [4.78, 5) is 35.7. The van der Waals surface area contributed by atoms with Crippen LogP contribution in [0, 0.1) is 0 Å². The van der Waals surface area contributed by atoms with Crippen LogP contribution in [-0.4, -0.2) is 43.2 Å². The highest BCUT2D eigenvalue weighted by Gasteiger charge is 2.24. The minimum absolute atomic E-state index is 0.0710. The summed E-state index contributed by atoms with van der Waals surface area (Å²) >= 11 is 0. The zero-order valence-electron chi connectivity index (χ0n) is 15.7. The van der Waals surface area contributed by atoms with Crippen molar-refractivity contribution < 1.29 is 33.4 Å². The zero-order chi connectivity index (χ0) is 20.7. The number of carbonyl (C=O) groups excluding carboxylic acids is 2. The molecule has 0 aliphatic heterocycles. The quantitative estimate of drug-likeness (QED) is 0.595. The van der Waals surface area contributed by atoms with Gasteiger partial charge in [-0.3, -0.25) is 14.4 Å². The lowest BCUT2D eigenvalue weighted by atomic mass is 10.0. The number of furan rings is 1. The number of methoxy groups -OCH3 is 2. The van der Waals surface area contributed by atoms with Gasteiger partial charge in [0.25, 0.3) is 5.91 Å². The monoisotopic (exact) mass is 390 g/mol. The van der Waals surface area contributed by atoms with Crippen molar-refractivity contribution in [3.63, 3.8) is 0 Å². The van der Waals surface area contributed by atoms with E-state index in [1.54, 1.807) is 24.3 Å². The Bertz CT molecular complexity index is 833. The minimum atomic E-state index is -1.09. The molecule has 2 amide bonds. The number of benzene rings is 1. The Morgan fingerprint density at radius 3 is 2.39 bits per heavy atom. The van der Waals surface area contributed by atoms with E-state index < -0.39 is 29.9 Å². The van der Waals surface area contributed by atoms with Gasteiger partial charge in [-0.15, -0.1) is 0 Å². The molecule has 2 atom stereocenters. The molecule has 1 heterocycles. The van der Waals surface area contributed by atoms with Gasteiger partial charge in [-0.05, 0) is 36.8 Å². The highest BCUT2D eigenvalue weighted by atomic mass is 16.5. The van der Waals surface area contributed by atoms with Gasteiger partial charge in [0.2, 0.25) is 5.91 Å². The van der Waals surface area contributed by atoms with Crippen LogP contribution in [0.4, 0.5) is 0 Å². The third-order valence-electron chi connectivity index (χ3n) is 3.99. The number of carboxylic acids is 1. The molecule has 0 spiro atoms. The van der Waals surface area contributed by atoms with Gasteiger partial charge in [-0.1, -0.05) is 6.07 Å². The second-order valence-corrected chi connectivity index (χ2v) is 5.95. The van der Waals surface area contributed by atoms with Crippen molar-refractivity contribution in [2.75, 3.05) is 14.2 Å².